The first-order valence-corrected chi connectivity index (χ1v) is 7.06. The fraction of sp³-hybridized carbons (Fsp3) is 0.800. The van der Waals surface area contributed by atoms with Gasteiger partial charge in [0.05, 0.1) is 0 Å². The maximum atomic E-state index is 12.1. The predicted molar refractivity (Wildman–Crippen MR) is 74.7 cm³/mol. The third kappa shape index (κ3) is 3.42. The van der Waals surface area contributed by atoms with E-state index in [9.17, 15) is 4.79 Å². The highest BCUT2D eigenvalue weighted by Gasteiger charge is 2.43. The summed E-state index contributed by atoms with van der Waals surface area (Å²) in [6.07, 6.45) is 7.09. The molecule has 0 bridgehead atoms. The Hall–Kier alpha value is -1.21. The number of carbonyl (C=O) groups excluding carboxylic acids is 1. The Labute approximate surface area is 116 Å². The zero-order valence-electron chi connectivity index (χ0n) is 12.2. The molecule has 0 saturated carbocycles. The number of hydrogen-bond donors (Lipinski definition) is 0. The molecule has 19 heavy (non-hydrogen) atoms. The van der Waals surface area contributed by atoms with Crippen LogP contribution in [0.4, 0.5) is 4.79 Å². The minimum atomic E-state index is -0.419. The van der Waals surface area contributed by atoms with Gasteiger partial charge in [-0.05, 0) is 39.7 Å². The topological polar surface area (TPSA) is 32.8 Å². The lowest BCUT2D eigenvalue weighted by Crippen LogP contribution is -2.39. The van der Waals surface area contributed by atoms with Gasteiger partial charge in [-0.15, -0.1) is 12.3 Å². The molecule has 0 radical (unpaired) electrons. The Morgan fingerprint density at radius 3 is 2.79 bits per heavy atom. The van der Waals surface area contributed by atoms with Crippen molar-refractivity contribution < 1.29 is 9.53 Å². The van der Waals surface area contributed by atoms with Crippen LogP contribution in [0.2, 0.25) is 0 Å². The summed E-state index contributed by atoms with van der Waals surface area (Å²) in [6, 6.07) is 0.473. The van der Waals surface area contributed by atoms with Crippen LogP contribution in [-0.4, -0.2) is 53.7 Å². The Bertz CT molecular complexity index is 381. The highest BCUT2D eigenvalue weighted by Crippen LogP contribution is 2.32. The van der Waals surface area contributed by atoms with Gasteiger partial charge in [0.2, 0.25) is 0 Å². The van der Waals surface area contributed by atoms with Crippen LogP contribution in [0.15, 0.2) is 0 Å². The fourth-order valence-corrected chi connectivity index (χ4v) is 3.01. The smallest absolute Gasteiger partial charge is 0.410 e. The van der Waals surface area contributed by atoms with Gasteiger partial charge < -0.3 is 9.64 Å². The van der Waals surface area contributed by atoms with E-state index in [4.69, 9.17) is 11.2 Å². The summed E-state index contributed by atoms with van der Waals surface area (Å²) < 4.78 is 5.44. The van der Waals surface area contributed by atoms with Crippen molar-refractivity contribution in [2.75, 3.05) is 26.2 Å². The summed E-state index contributed by atoms with van der Waals surface area (Å²) in [7, 11) is 0. The Morgan fingerprint density at radius 2 is 2.16 bits per heavy atom. The Balaban J connectivity index is 1.89. The second-order valence-electron chi connectivity index (χ2n) is 6.49. The summed E-state index contributed by atoms with van der Waals surface area (Å²) in [5.74, 6) is 3.28. The van der Waals surface area contributed by atoms with Gasteiger partial charge in [-0.3, -0.25) is 4.90 Å². The van der Waals surface area contributed by atoms with E-state index in [1.54, 1.807) is 0 Å². The molecule has 4 nitrogen and oxygen atoms in total. The monoisotopic (exact) mass is 264 g/mol. The first-order chi connectivity index (χ1) is 8.90. The molecule has 2 saturated heterocycles. The molecule has 0 aromatic carbocycles. The van der Waals surface area contributed by atoms with Crippen molar-refractivity contribution >= 4 is 6.09 Å². The molecule has 1 amide bonds. The van der Waals surface area contributed by atoms with Crippen molar-refractivity contribution in [3.8, 4) is 12.3 Å². The number of carbonyl (C=O) groups is 1. The molecular formula is C15H24N2O2. The summed E-state index contributed by atoms with van der Waals surface area (Å²) in [5, 5.41) is 0. The molecule has 4 heteroatoms. The standard InChI is InChI=1S/C15H24N2O2/c1-5-6-8-16-9-7-12-10-17(11-13(12)16)14(18)19-15(2,3)4/h1,12-13H,6-11H2,2-4H3. The van der Waals surface area contributed by atoms with Crippen LogP contribution < -0.4 is 0 Å². The second-order valence-corrected chi connectivity index (χ2v) is 6.49. The van der Waals surface area contributed by atoms with Crippen molar-refractivity contribution in [1.82, 2.24) is 9.80 Å². The Morgan fingerprint density at radius 1 is 1.42 bits per heavy atom. The van der Waals surface area contributed by atoms with Crippen molar-refractivity contribution in [2.24, 2.45) is 5.92 Å². The highest BCUT2D eigenvalue weighted by atomic mass is 16.6. The number of hydrogen-bond acceptors (Lipinski definition) is 3. The number of amides is 1. The van der Waals surface area contributed by atoms with Crippen LogP contribution in [0.1, 0.15) is 33.6 Å². The van der Waals surface area contributed by atoms with Gasteiger partial charge in [0.1, 0.15) is 5.60 Å². The molecule has 106 valence electrons. The number of nitrogens with zero attached hydrogens (tertiary/aromatic N) is 2. The molecule has 2 fully saturated rings. The van der Waals surface area contributed by atoms with Crippen LogP contribution >= 0.6 is 0 Å². The van der Waals surface area contributed by atoms with E-state index < -0.39 is 5.60 Å². The van der Waals surface area contributed by atoms with Gasteiger partial charge in [0, 0.05) is 32.1 Å². The molecule has 2 atom stereocenters. The summed E-state index contributed by atoms with van der Waals surface area (Å²) >= 11 is 0. The van der Waals surface area contributed by atoms with Gasteiger partial charge in [0.15, 0.2) is 0 Å². The van der Waals surface area contributed by atoms with Crippen LogP contribution in [0.3, 0.4) is 0 Å². The first-order valence-electron chi connectivity index (χ1n) is 7.06. The van der Waals surface area contributed by atoms with Crippen molar-refractivity contribution in [1.29, 1.82) is 0 Å². The lowest BCUT2D eigenvalue weighted by atomic mass is 10.1. The number of rotatable bonds is 2. The largest absolute Gasteiger partial charge is 0.444 e. The molecule has 0 N–H and O–H groups in total. The van der Waals surface area contributed by atoms with E-state index in [2.05, 4.69) is 10.8 Å². The second kappa shape index (κ2) is 5.42. The SMILES string of the molecule is C#CCCN1CCC2CN(C(=O)OC(C)(C)C)CC21. The predicted octanol–water partition coefficient (Wildman–Crippen LogP) is 1.95. The van der Waals surface area contributed by atoms with Crippen LogP contribution in [0.5, 0.6) is 0 Å². The van der Waals surface area contributed by atoms with Crippen LogP contribution in [-0.2, 0) is 4.74 Å². The van der Waals surface area contributed by atoms with E-state index in [0.29, 0.717) is 12.0 Å². The van der Waals surface area contributed by atoms with Gasteiger partial charge in [-0.2, -0.15) is 0 Å². The molecular weight excluding hydrogens is 240 g/mol. The van der Waals surface area contributed by atoms with Gasteiger partial charge in [-0.1, -0.05) is 0 Å². The average molecular weight is 264 g/mol. The molecule has 2 rings (SSSR count). The van der Waals surface area contributed by atoms with E-state index in [1.165, 1.54) is 0 Å². The summed E-state index contributed by atoms with van der Waals surface area (Å²) in [6.45, 7) is 9.37. The molecule has 2 heterocycles. The molecule has 2 aliphatic rings. The quantitative estimate of drug-likeness (QED) is 0.715. The summed E-state index contributed by atoms with van der Waals surface area (Å²) in [5.41, 5.74) is -0.419. The molecule has 0 spiro atoms. The lowest BCUT2D eigenvalue weighted by molar-refractivity contribution is 0.0272. The van der Waals surface area contributed by atoms with Crippen molar-refractivity contribution in [2.45, 2.75) is 45.3 Å². The van der Waals surface area contributed by atoms with Gasteiger partial charge >= 0.3 is 6.09 Å². The molecule has 0 aliphatic carbocycles. The molecule has 2 unspecified atom stereocenters. The van der Waals surface area contributed by atoms with E-state index in [-0.39, 0.29) is 6.09 Å². The number of ether oxygens (including phenoxy) is 1. The number of fused-ring (bicyclic) bond motifs is 1. The maximum absolute atomic E-state index is 12.1. The minimum absolute atomic E-state index is 0.182. The zero-order chi connectivity index (χ0) is 14.0. The molecule has 0 aromatic heterocycles. The molecule has 0 aromatic rings. The summed E-state index contributed by atoms with van der Waals surface area (Å²) in [4.78, 5) is 16.3. The van der Waals surface area contributed by atoms with Gasteiger partial charge in [-0.25, -0.2) is 4.79 Å². The average Bonchev–Trinajstić information content (AvgIpc) is 2.84. The maximum Gasteiger partial charge on any atom is 0.410 e. The number of terminal acetylenes is 1. The van der Waals surface area contributed by atoms with Gasteiger partial charge in [0.25, 0.3) is 0 Å². The third-order valence-corrected chi connectivity index (χ3v) is 3.86. The van der Waals surface area contributed by atoms with Crippen molar-refractivity contribution in [3.63, 3.8) is 0 Å². The van der Waals surface area contributed by atoms with Crippen LogP contribution in [0.25, 0.3) is 0 Å². The zero-order valence-corrected chi connectivity index (χ0v) is 12.2. The van der Waals surface area contributed by atoms with Crippen molar-refractivity contribution in [3.05, 3.63) is 0 Å². The van der Waals surface area contributed by atoms with E-state index in [1.807, 2.05) is 25.7 Å². The third-order valence-electron chi connectivity index (χ3n) is 3.86. The van der Waals surface area contributed by atoms with E-state index >= 15 is 0 Å². The van der Waals surface area contributed by atoms with E-state index in [0.717, 1.165) is 39.0 Å². The fourth-order valence-electron chi connectivity index (χ4n) is 3.01. The minimum Gasteiger partial charge on any atom is -0.444 e. The molecule has 2 aliphatic heterocycles. The van der Waals surface area contributed by atoms with Crippen LogP contribution in [0, 0.1) is 18.3 Å². The number of likely N-dealkylation sites (tertiary alicyclic amines) is 2. The normalized spacial score (nSPS) is 27.2. The lowest BCUT2D eigenvalue weighted by Gasteiger charge is -2.26. The Kier molecular flexibility index (Phi) is 4.05. The first kappa shape index (κ1) is 14.2. The highest BCUT2D eigenvalue weighted by molar-refractivity contribution is 5.68.